The highest BCUT2D eigenvalue weighted by Gasteiger charge is 2.20. The highest BCUT2D eigenvalue weighted by Crippen LogP contribution is 2.25. The maximum atomic E-state index is 11.9. The highest BCUT2D eigenvalue weighted by molar-refractivity contribution is 7.90. The van der Waals surface area contributed by atoms with Gasteiger partial charge in [0.05, 0.1) is 19.9 Å². The van der Waals surface area contributed by atoms with Crippen LogP contribution in [0.4, 0.5) is 0 Å². The molecule has 0 spiro atoms. The van der Waals surface area contributed by atoms with Gasteiger partial charge in [-0.15, -0.1) is 5.10 Å². The van der Waals surface area contributed by atoms with E-state index in [1.54, 1.807) is 62.8 Å². The Labute approximate surface area is 145 Å². The van der Waals surface area contributed by atoms with Crippen molar-refractivity contribution in [3.05, 3.63) is 48.5 Å². The molecule has 0 aliphatic heterocycles. The quantitative estimate of drug-likeness (QED) is 0.695. The summed E-state index contributed by atoms with van der Waals surface area (Å²) >= 11 is 0. The molecule has 0 saturated heterocycles. The second-order valence-corrected chi connectivity index (χ2v) is 7.24. The van der Waals surface area contributed by atoms with Crippen molar-refractivity contribution in [2.45, 2.75) is 5.16 Å². The molecule has 2 aromatic carbocycles. The molecular weight excluding hydrogens is 342 g/mol. The first kappa shape index (κ1) is 17.0. The maximum Gasteiger partial charge on any atom is 0.267 e. The number of hydrogen-bond donors (Lipinski definition) is 0. The van der Waals surface area contributed by atoms with Crippen LogP contribution in [-0.4, -0.2) is 43.7 Å². The molecule has 0 amide bonds. The lowest BCUT2D eigenvalue weighted by atomic mass is 10.2. The summed E-state index contributed by atoms with van der Waals surface area (Å²) in [5, 5.41) is 3.94. The molecule has 0 radical (unpaired) electrons. The van der Waals surface area contributed by atoms with Gasteiger partial charge in [0, 0.05) is 11.8 Å². The summed E-state index contributed by atoms with van der Waals surface area (Å²) in [5.74, 6) is 1.81. The molecule has 0 bridgehead atoms. The second kappa shape index (κ2) is 6.56. The molecular formula is C17H17N3O4S. The summed E-state index contributed by atoms with van der Waals surface area (Å²) in [6.07, 6.45) is 1.08. The number of nitrogens with zero attached hydrogens (tertiary/aromatic N) is 3. The van der Waals surface area contributed by atoms with Gasteiger partial charge in [0.1, 0.15) is 11.5 Å². The van der Waals surface area contributed by atoms with Gasteiger partial charge in [0.25, 0.3) is 5.16 Å². The molecule has 0 aliphatic rings. The maximum absolute atomic E-state index is 11.9. The molecule has 0 unspecified atom stereocenters. The number of sulfone groups is 1. The van der Waals surface area contributed by atoms with E-state index in [1.807, 2.05) is 0 Å². The molecule has 3 rings (SSSR count). The Bertz CT molecular complexity index is 913. The van der Waals surface area contributed by atoms with Crippen LogP contribution < -0.4 is 9.47 Å². The lowest BCUT2D eigenvalue weighted by molar-refractivity contribution is 0.414. The minimum Gasteiger partial charge on any atom is -0.497 e. The molecule has 0 fully saturated rings. The summed E-state index contributed by atoms with van der Waals surface area (Å²) in [6.45, 7) is 0. The van der Waals surface area contributed by atoms with E-state index in [-0.39, 0.29) is 5.16 Å². The van der Waals surface area contributed by atoms with Gasteiger partial charge in [-0.05, 0) is 48.5 Å². The molecule has 0 saturated carbocycles. The third-order valence-electron chi connectivity index (χ3n) is 3.58. The fourth-order valence-electron chi connectivity index (χ4n) is 2.28. The average molecular weight is 359 g/mol. The van der Waals surface area contributed by atoms with E-state index in [9.17, 15) is 8.42 Å². The Morgan fingerprint density at radius 3 is 1.88 bits per heavy atom. The normalized spacial score (nSPS) is 11.3. The molecule has 8 heteroatoms. The van der Waals surface area contributed by atoms with Gasteiger partial charge in [-0.3, -0.25) is 0 Å². The van der Waals surface area contributed by atoms with Gasteiger partial charge in [-0.2, -0.15) is 4.98 Å². The van der Waals surface area contributed by atoms with Gasteiger partial charge in [0.15, 0.2) is 5.82 Å². The summed E-state index contributed by atoms with van der Waals surface area (Å²) in [7, 11) is -0.380. The number of rotatable bonds is 5. The summed E-state index contributed by atoms with van der Waals surface area (Å²) in [6, 6.07) is 14.3. The van der Waals surface area contributed by atoms with Crippen LogP contribution in [0.25, 0.3) is 17.1 Å². The first-order valence-electron chi connectivity index (χ1n) is 7.38. The van der Waals surface area contributed by atoms with Crippen LogP contribution in [0, 0.1) is 0 Å². The lowest BCUT2D eigenvalue weighted by Gasteiger charge is -2.07. The van der Waals surface area contributed by atoms with Crippen molar-refractivity contribution >= 4 is 9.84 Å². The molecule has 3 aromatic rings. The van der Waals surface area contributed by atoms with Crippen LogP contribution in [0.15, 0.2) is 53.7 Å². The predicted molar refractivity (Wildman–Crippen MR) is 93.0 cm³/mol. The van der Waals surface area contributed by atoms with Crippen LogP contribution in [0.2, 0.25) is 0 Å². The number of benzene rings is 2. The summed E-state index contributed by atoms with van der Waals surface area (Å²) in [4.78, 5) is 4.22. The largest absolute Gasteiger partial charge is 0.497 e. The van der Waals surface area contributed by atoms with Gasteiger partial charge < -0.3 is 9.47 Å². The smallest absolute Gasteiger partial charge is 0.267 e. The molecule has 1 aromatic heterocycles. The van der Waals surface area contributed by atoms with E-state index in [4.69, 9.17) is 9.47 Å². The molecule has 0 N–H and O–H groups in total. The third kappa shape index (κ3) is 3.48. The van der Waals surface area contributed by atoms with Crippen LogP contribution in [0.3, 0.4) is 0 Å². The van der Waals surface area contributed by atoms with Gasteiger partial charge >= 0.3 is 0 Å². The Morgan fingerprint density at radius 1 is 0.880 bits per heavy atom. The fraction of sp³-hybridized carbons (Fsp3) is 0.176. The zero-order valence-corrected chi connectivity index (χ0v) is 14.8. The topological polar surface area (TPSA) is 83.3 Å². The number of hydrogen-bond acceptors (Lipinski definition) is 6. The van der Waals surface area contributed by atoms with Crippen LogP contribution in [-0.2, 0) is 9.84 Å². The standard InChI is InChI=1S/C17H17N3O4S/c1-23-14-8-4-12(5-9-14)16-18-17(25(3,21)22)19-20(16)13-6-10-15(24-2)11-7-13/h4-11H,1-3H3. The summed E-state index contributed by atoms with van der Waals surface area (Å²) < 4.78 is 35.6. The van der Waals surface area contributed by atoms with E-state index in [0.29, 0.717) is 23.0 Å². The Hall–Kier alpha value is -2.87. The SMILES string of the molecule is COc1ccc(-c2nc(S(C)(=O)=O)nn2-c2ccc(OC)cc2)cc1. The van der Waals surface area contributed by atoms with Crippen molar-refractivity contribution in [1.29, 1.82) is 0 Å². The first-order valence-corrected chi connectivity index (χ1v) is 9.27. The first-order chi connectivity index (χ1) is 11.9. The molecule has 1 heterocycles. The molecule has 0 atom stereocenters. The third-order valence-corrected chi connectivity index (χ3v) is 4.42. The fourth-order valence-corrected chi connectivity index (χ4v) is 2.76. The van der Waals surface area contributed by atoms with Gasteiger partial charge in [-0.1, -0.05) is 0 Å². The Kier molecular flexibility index (Phi) is 4.45. The van der Waals surface area contributed by atoms with Crippen LogP contribution in [0.1, 0.15) is 0 Å². The van der Waals surface area contributed by atoms with Crippen molar-refractivity contribution in [1.82, 2.24) is 14.8 Å². The molecule has 7 nitrogen and oxygen atoms in total. The van der Waals surface area contributed by atoms with E-state index in [1.165, 1.54) is 4.68 Å². The van der Waals surface area contributed by atoms with Crippen molar-refractivity contribution < 1.29 is 17.9 Å². The van der Waals surface area contributed by atoms with E-state index < -0.39 is 9.84 Å². The van der Waals surface area contributed by atoms with E-state index >= 15 is 0 Å². The summed E-state index contributed by atoms with van der Waals surface area (Å²) in [5.41, 5.74) is 1.40. The zero-order chi connectivity index (χ0) is 18.0. The van der Waals surface area contributed by atoms with Crippen LogP contribution in [0.5, 0.6) is 11.5 Å². The van der Waals surface area contributed by atoms with E-state index in [0.717, 1.165) is 11.8 Å². The van der Waals surface area contributed by atoms with Crippen molar-refractivity contribution in [3.63, 3.8) is 0 Å². The van der Waals surface area contributed by atoms with Crippen molar-refractivity contribution in [2.75, 3.05) is 20.5 Å². The second-order valence-electron chi connectivity index (χ2n) is 5.33. The van der Waals surface area contributed by atoms with Crippen molar-refractivity contribution in [3.8, 4) is 28.6 Å². The lowest BCUT2D eigenvalue weighted by Crippen LogP contribution is -2.02. The average Bonchev–Trinajstić information content (AvgIpc) is 3.07. The monoisotopic (exact) mass is 359 g/mol. The minimum atomic E-state index is -3.54. The number of aromatic nitrogens is 3. The highest BCUT2D eigenvalue weighted by atomic mass is 32.2. The van der Waals surface area contributed by atoms with Crippen LogP contribution >= 0.6 is 0 Å². The molecule has 25 heavy (non-hydrogen) atoms. The van der Waals surface area contributed by atoms with Crippen molar-refractivity contribution in [2.24, 2.45) is 0 Å². The minimum absolute atomic E-state index is 0.228. The number of methoxy groups -OCH3 is 2. The molecule has 0 aliphatic carbocycles. The van der Waals surface area contributed by atoms with E-state index in [2.05, 4.69) is 10.1 Å². The zero-order valence-electron chi connectivity index (χ0n) is 14.0. The number of ether oxygens (including phenoxy) is 2. The van der Waals surface area contributed by atoms with Gasteiger partial charge in [0.2, 0.25) is 9.84 Å². The predicted octanol–water partition coefficient (Wildman–Crippen LogP) is 2.36. The molecule has 130 valence electrons. The Balaban J connectivity index is 2.16. The Morgan fingerprint density at radius 2 is 1.40 bits per heavy atom. The van der Waals surface area contributed by atoms with Gasteiger partial charge in [-0.25, -0.2) is 13.1 Å².